The van der Waals surface area contributed by atoms with Crippen molar-refractivity contribution in [3.05, 3.63) is 46.3 Å². The molecule has 2 aromatic rings. The van der Waals surface area contributed by atoms with E-state index in [9.17, 15) is 4.79 Å². The van der Waals surface area contributed by atoms with Crippen LogP contribution in [0.2, 0.25) is 0 Å². The lowest BCUT2D eigenvalue weighted by Gasteiger charge is -2.27. The fourth-order valence-corrected chi connectivity index (χ4v) is 3.19. The molecule has 0 bridgehead atoms. The minimum absolute atomic E-state index is 0.0773. The summed E-state index contributed by atoms with van der Waals surface area (Å²) in [7, 11) is 0. The molecule has 0 aromatic carbocycles. The predicted octanol–water partition coefficient (Wildman–Crippen LogP) is 2.23. The zero-order valence-electron chi connectivity index (χ0n) is 13.0. The molecule has 1 saturated heterocycles. The maximum absolute atomic E-state index is 11.9. The fraction of sp³-hybridized carbons (Fsp3) is 0.412. The first-order valence-electron chi connectivity index (χ1n) is 7.87. The maximum Gasteiger partial charge on any atom is 0.220 e. The number of ether oxygens (including phenoxy) is 1. The Morgan fingerprint density at radius 2 is 2.13 bits per heavy atom. The lowest BCUT2D eigenvalue weighted by Crippen LogP contribution is -2.36. The summed E-state index contributed by atoms with van der Waals surface area (Å²) in [6, 6.07) is 6.10. The quantitative estimate of drug-likeness (QED) is 0.882. The average molecular weight is 331 g/mol. The van der Waals surface area contributed by atoms with Crippen LogP contribution in [0.15, 0.2) is 35.2 Å². The van der Waals surface area contributed by atoms with Crippen LogP contribution in [0, 0.1) is 0 Å². The monoisotopic (exact) mass is 331 g/mol. The molecule has 0 spiro atoms. The fourth-order valence-electron chi connectivity index (χ4n) is 2.48. The van der Waals surface area contributed by atoms with E-state index in [1.807, 2.05) is 23.7 Å². The molecule has 0 atom stereocenters. The van der Waals surface area contributed by atoms with Crippen LogP contribution in [0.4, 0.5) is 5.82 Å². The third-order valence-electron chi connectivity index (χ3n) is 3.85. The predicted molar refractivity (Wildman–Crippen MR) is 91.8 cm³/mol. The van der Waals surface area contributed by atoms with Gasteiger partial charge in [0.15, 0.2) is 0 Å². The summed E-state index contributed by atoms with van der Waals surface area (Å²) in [6.07, 6.45) is 3.16. The summed E-state index contributed by atoms with van der Waals surface area (Å²) in [4.78, 5) is 18.6. The highest BCUT2D eigenvalue weighted by Gasteiger charge is 2.12. The van der Waals surface area contributed by atoms with Crippen LogP contribution in [0.25, 0.3) is 0 Å². The van der Waals surface area contributed by atoms with Crippen molar-refractivity contribution in [1.82, 2.24) is 10.3 Å². The Morgan fingerprint density at radius 3 is 2.83 bits per heavy atom. The zero-order chi connectivity index (χ0) is 15.9. The highest BCUT2D eigenvalue weighted by Crippen LogP contribution is 2.13. The molecule has 0 saturated carbocycles. The van der Waals surface area contributed by atoms with Crippen LogP contribution in [-0.4, -0.2) is 37.2 Å². The van der Waals surface area contributed by atoms with Crippen molar-refractivity contribution >= 4 is 23.1 Å². The molecule has 3 heterocycles. The molecule has 6 heteroatoms. The first-order valence-corrected chi connectivity index (χ1v) is 8.81. The molecule has 0 radical (unpaired) electrons. The molecule has 0 aliphatic carbocycles. The molecular formula is C17H21N3O2S. The van der Waals surface area contributed by atoms with Gasteiger partial charge in [0.1, 0.15) is 5.82 Å². The number of carbonyl (C=O) groups is 1. The number of thiophene rings is 1. The molecule has 23 heavy (non-hydrogen) atoms. The number of nitrogens with zero attached hydrogens (tertiary/aromatic N) is 2. The van der Waals surface area contributed by atoms with Crippen LogP contribution < -0.4 is 10.2 Å². The number of aryl methyl sites for hydroxylation is 1. The number of morpholine rings is 1. The third kappa shape index (κ3) is 4.77. The Hall–Kier alpha value is -1.92. The van der Waals surface area contributed by atoms with E-state index in [2.05, 4.69) is 26.6 Å². The summed E-state index contributed by atoms with van der Waals surface area (Å²) < 4.78 is 5.34. The summed E-state index contributed by atoms with van der Waals surface area (Å²) in [5.74, 6) is 1.05. The van der Waals surface area contributed by atoms with E-state index in [-0.39, 0.29) is 5.91 Å². The Kier molecular flexibility index (Phi) is 5.60. The molecule has 1 fully saturated rings. The summed E-state index contributed by atoms with van der Waals surface area (Å²) >= 11 is 1.66. The molecule has 1 amide bonds. The standard InChI is InChI=1S/C17H21N3O2S/c21-17(4-2-14-5-10-23-13-14)19-12-15-1-3-16(18-11-15)20-6-8-22-9-7-20/h1,3,5,10-11,13H,2,4,6-9,12H2,(H,19,21). The second kappa shape index (κ2) is 8.08. The molecule has 1 aliphatic heterocycles. The van der Waals surface area contributed by atoms with Gasteiger partial charge in [0, 0.05) is 32.3 Å². The number of hydrogen-bond donors (Lipinski definition) is 1. The molecule has 5 nitrogen and oxygen atoms in total. The summed E-state index contributed by atoms with van der Waals surface area (Å²) in [6.45, 7) is 3.80. The van der Waals surface area contributed by atoms with Gasteiger partial charge in [-0.3, -0.25) is 4.79 Å². The van der Waals surface area contributed by atoms with Gasteiger partial charge in [-0.15, -0.1) is 0 Å². The van der Waals surface area contributed by atoms with E-state index >= 15 is 0 Å². The topological polar surface area (TPSA) is 54.5 Å². The zero-order valence-corrected chi connectivity index (χ0v) is 13.8. The molecule has 1 N–H and O–H groups in total. The summed E-state index contributed by atoms with van der Waals surface area (Å²) in [5.41, 5.74) is 2.24. The van der Waals surface area contributed by atoms with Crippen LogP contribution in [0.1, 0.15) is 17.5 Å². The average Bonchev–Trinajstić information content (AvgIpc) is 3.13. The van der Waals surface area contributed by atoms with E-state index < -0.39 is 0 Å². The SMILES string of the molecule is O=C(CCc1ccsc1)NCc1ccc(N2CCOCC2)nc1. The van der Waals surface area contributed by atoms with Gasteiger partial charge in [-0.2, -0.15) is 11.3 Å². The molecular weight excluding hydrogens is 310 g/mol. The van der Waals surface area contributed by atoms with E-state index in [0.29, 0.717) is 13.0 Å². The van der Waals surface area contributed by atoms with E-state index in [1.165, 1.54) is 5.56 Å². The highest BCUT2D eigenvalue weighted by atomic mass is 32.1. The van der Waals surface area contributed by atoms with Gasteiger partial charge in [-0.05, 0) is 40.4 Å². The second-order valence-corrected chi connectivity index (χ2v) is 6.31. The Morgan fingerprint density at radius 1 is 1.26 bits per heavy atom. The number of anilines is 1. The molecule has 122 valence electrons. The number of aromatic nitrogens is 1. The number of hydrogen-bond acceptors (Lipinski definition) is 5. The van der Waals surface area contributed by atoms with Crippen LogP contribution in [-0.2, 0) is 22.5 Å². The number of pyridine rings is 1. The first kappa shape index (κ1) is 16.0. The Balaban J connectivity index is 1.43. The Bertz CT molecular complexity index is 607. The molecule has 0 unspecified atom stereocenters. The smallest absolute Gasteiger partial charge is 0.220 e. The number of amides is 1. The molecule has 2 aromatic heterocycles. The van der Waals surface area contributed by atoms with Crippen molar-refractivity contribution in [2.75, 3.05) is 31.2 Å². The highest BCUT2D eigenvalue weighted by molar-refractivity contribution is 7.07. The number of rotatable bonds is 6. The second-order valence-electron chi connectivity index (χ2n) is 5.53. The van der Waals surface area contributed by atoms with Gasteiger partial charge < -0.3 is 15.0 Å². The van der Waals surface area contributed by atoms with Gasteiger partial charge in [-0.1, -0.05) is 6.07 Å². The first-order chi connectivity index (χ1) is 11.3. The van der Waals surface area contributed by atoms with Gasteiger partial charge in [-0.25, -0.2) is 4.98 Å². The van der Waals surface area contributed by atoms with Crippen molar-refractivity contribution in [2.45, 2.75) is 19.4 Å². The minimum Gasteiger partial charge on any atom is -0.378 e. The largest absolute Gasteiger partial charge is 0.378 e. The van der Waals surface area contributed by atoms with Gasteiger partial charge >= 0.3 is 0 Å². The lowest BCUT2D eigenvalue weighted by atomic mass is 10.2. The van der Waals surface area contributed by atoms with E-state index in [0.717, 1.165) is 44.1 Å². The lowest BCUT2D eigenvalue weighted by molar-refractivity contribution is -0.121. The number of carbonyl (C=O) groups excluding carboxylic acids is 1. The minimum atomic E-state index is 0.0773. The van der Waals surface area contributed by atoms with Gasteiger partial charge in [0.25, 0.3) is 0 Å². The van der Waals surface area contributed by atoms with Gasteiger partial charge in [0.05, 0.1) is 13.2 Å². The molecule has 1 aliphatic rings. The van der Waals surface area contributed by atoms with Crippen LogP contribution in [0.5, 0.6) is 0 Å². The van der Waals surface area contributed by atoms with Crippen molar-refractivity contribution in [2.24, 2.45) is 0 Å². The van der Waals surface area contributed by atoms with Crippen molar-refractivity contribution in [3.63, 3.8) is 0 Å². The van der Waals surface area contributed by atoms with E-state index in [1.54, 1.807) is 11.3 Å². The molecule has 3 rings (SSSR count). The third-order valence-corrected chi connectivity index (χ3v) is 4.59. The number of nitrogens with one attached hydrogen (secondary N) is 1. The van der Waals surface area contributed by atoms with Crippen LogP contribution >= 0.6 is 11.3 Å². The maximum atomic E-state index is 11.9. The Labute approximate surface area is 140 Å². The normalized spacial score (nSPS) is 14.7. The van der Waals surface area contributed by atoms with Crippen molar-refractivity contribution in [3.8, 4) is 0 Å². The van der Waals surface area contributed by atoms with Crippen LogP contribution in [0.3, 0.4) is 0 Å². The van der Waals surface area contributed by atoms with Crippen molar-refractivity contribution in [1.29, 1.82) is 0 Å². The van der Waals surface area contributed by atoms with E-state index in [4.69, 9.17) is 4.74 Å². The van der Waals surface area contributed by atoms with Gasteiger partial charge in [0.2, 0.25) is 5.91 Å². The van der Waals surface area contributed by atoms with Crippen molar-refractivity contribution < 1.29 is 9.53 Å². The summed E-state index contributed by atoms with van der Waals surface area (Å²) in [5, 5.41) is 7.07.